The van der Waals surface area contributed by atoms with Crippen molar-refractivity contribution in [1.82, 2.24) is 10.6 Å². The smallest absolute Gasteiger partial charge is 0.329 e. The molecule has 6 heteroatoms. The van der Waals surface area contributed by atoms with E-state index >= 15 is 0 Å². The van der Waals surface area contributed by atoms with Crippen molar-refractivity contribution in [3.63, 3.8) is 0 Å². The Kier molecular flexibility index (Phi) is 5.95. The Morgan fingerprint density at radius 2 is 1.62 bits per heavy atom. The quantitative estimate of drug-likeness (QED) is 0.721. The highest BCUT2D eigenvalue weighted by Gasteiger charge is 2.40. The minimum atomic E-state index is -1.16. The summed E-state index contributed by atoms with van der Waals surface area (Å²) in [5.74, 6) is -1.45. The number of nitrogens with one attached hydrogen (secondary N) is 2. The summed E-state index contributed by atoms with van der Waals surface area (Å²) in [6, 6.07) is 6.81. The summed E-state index contributed by atoms with van der Waals surface area (Å²) in [7, 11) is 0. The average Bonchev–Trinajstić information content (AvgIpc) is 2.80. The van der Waals surface area contributed by atoms with Gasteiger partial charge in [-0.15, -0.1) is 0 Å². The molecule has 0 spiro atoms. The van der Waals surface area contributed by atoms with E-state index in [-0.39, 0.29) is 11.8 Å². The number of carbonyl (C=O) groups is 3. The van der Waals surface area contributed by atoms with E-state index < -0.39 is 11.5 Å². The van der Waals surface area contributed by atoms with Crippen molar-refractivity contribution in [3.05, 3.63) is 35.4 Å². The molecule has 1 aromatic rings. The van der Waals surface area contributed by atoms with Gasteiger partial charge in [0.2, 0.25) is 5.91 Å². The van der Waals surface area contributed by atoms with E-state index in [1.165, 1.54) is 6.92 Å². The molecule has 0 atom stereocenters. The molecule has 0 unspecified atom stereocenters. The van der Waals surface area contributed by atoms with Crippen LogP contribution in [0.15, 0.2) is 24.3 Å². The third-order valence-electron chi connectivity index (χ3n) is 4.48. The van der Waals surface area contributed by atoms with Crippen LogP contribution in [0, 0.1) is 0 Å². The molecule has 0 heterocycles. The SMILES string of the molecule is CC(=O)NCc1ccc(C(=O)NC2(C(=O)O)CCCCCC2)cc1. The first kappa shape index (κ1) is 18.0. The standard InChI is InChI=1S/C18H24N2O4/c1-13(21)19-12-14-6-8-15(9-7-14)16(22)20-18(17(23)24)10-4-2-3-5-11-18/h6-9H,2-5,10-12H2,1H3,(H,19,21)(H,20,22)(H,23,24). The zero-order valence-corrected chi connectivity index (χ0v) is 13.9. The second-order valence-electron chi connectivity index (χ2n) is 6.36. The van der Waals surface area contributed by atoms with Gasteiger partial charge in [0.25, 0.3) is 5.91 Å². The van der Waals surface area contributed by atoms with Gasteiger partial charge in [-0.3, -0.25) is 9.59 Å². The van der Waals surface area contributed by atoms with Crippen molar-refractivity contribution in [2.75, 3.05) is 0 Å². The predicted molar refractivity (Wildman–Crippen MR) is 89.5 cm³/mol. The van der Waals surface area contributed by atoms with Crippen LogP contribution in [0.1, 0.15) is 61.4 Å². The Balaban J connectivity index is 2.06. The van der Waals surface area contributed by atoms with Gasteiger partial charge in [0.1, 0.15) is 5.54 Å². The maximum Gasteiger partial charge on any atom is 0.329 e. The molecule has 0 aromatic heterocycles. The highest BCUT2D eigenvalue weighted by Crippen LogP contribution is 2.28. The van der Waals surface area contributed by atoms with Crippen molar-refractivity contribution in [2.45, 2.75) is 57.5 Å². The molecular weight excluding hydrogens is 308 g/mol. The molecule has 3 N–H and O–H groups in total. The molecule has 1 fully saturated rings. The number of carbonyl (C=O) groups excluding carboxylic acids is 2. The minimum Gasteiger partial charge on any atom is -0.480 e. The summed E-state index contributed by atoms with van der Waals surface area (Å²) < 4.78 is 0. The monoisotopic (exact) mass is 332 g/mol. The zero-order valence-electron chi connectivity index (χ0n) is 13.9. The van der Waals surface area contributed by atoms with Crippen LogP contribution in [0.3, 0.4) is 0 Å². The molecule has 0 radical (unpaired) electrons. The van der Waals surface area contributed by atoms with Gasteiger partial charge in [-0.05, 0) is 30.5 Å². The lowest BCUT2D eigenvalue weighted by molar-refractivity contribution is -0.145. The summed E-state index contributed by atoms with van der Waals surface area (Å²) in [6.45, 7) is 1.84. The lowest BCUT2D eigenvalue weighted by atomic mass is 9.89. The van der Waals surface area contributed by atoms with Crippen molar-refractivity contribution in [3.8, 4) is 0 Å². The fourth-order valence-electron chi connectivity index (χ4n) is 3.01. The Morgan fingerprint density at radius 1 is 1.04 bits per heavy atom. The van der Waals surface area contributed by atoms with Crippen molar-refractivity contribution in [2.24, 2.45) is 0 Å². The number of amides is 2. The van der Waals surface area contributed by atoms with Crippen LogP contribution >= 0.6 is 0 Å². The average molecular weight is 332 g/mol. The molecule has 1 saturated carbocycles. The van der Waals surface area contributed by atoms with E-state index in [0.717, 1.165) is 31.2 Å². The third kappa shape index (κ3) is 4.57. The largest absolute Gasteiger partial charge is 0.480 e. The number of carboxylic acids is 1. The number of rotatable bonds is 5. The molecule has 0 saturated heterocycles. The summed E-state index contributed by atoms with van der Waals surface area (Å²) in [4.78, 5) is 35.1. The highest BCUT2D eigenvalue weighted by molar-refractivity contribution is 5.97. The van der Waals surface area contributed by atoms with Crippen molar-refractivity contribution < 1.29 is 19.5 Å². The maximum absolute atomic E-state index is 12.5. The predicted octanol–water partition coefficient (Wildman–Crippen LogP) is 2.23. The number of aliphatic carboxylic acids is 1. The van der Waals surface area contributed by atoms with E-state index in [1.807, 2.05) is 0 Å². The Morgan fingerprint density at radius 3 is 2.12 bits per heavy atom. The number of carboxylic acid groups (broad SMARTS) is 1. The van der Waals surface area contributed by atoms with Crippen molar-refractivity contribution in [1.29, 1.82) is 0 Å². The Hall–Kier alpha value is -2.37. The zero-order chi connectivity index (χ0) is 17.6. The summed E-state index contributed by atoms with van der Waals surface area (Å²) in [5, 5.41) is 15.1. The highest BCUT2D eigenvalue weighted by atomic mass is 16.4. The van der Waals surface area contributed by atoms with E-state index in [2.05, 4.69) is 10.6 Å². The minimum absolute atomic E-state index is 0.117. The topological polar surface area (TPSA) is 95.5 Å². The molecular formula is C18H24N2O4. The van der Waals surface area contributed by atoms with E-state index in [1.54, 1.807) is 24.3 Å². The van der Waals surface area contributed by atoms with Crippen LogP contribution in [0.5, 0.6) is 0 Å². The number of hydrogen-bond acceptors (Lipinski definition) is 3. The van der Waals surface area contributed by atoms with Gasteiger partial charge in [0, 0.05) is 19.0 Å². The molecule has 6 nitrogen and oxygen atoms in total. The second kappa shape index (κ2) is 7.95. The van der Waals surface area contributed by atoms with Gasteiger partial charge in [0.15, 0.2) is 0 Å². The summed E-state index contributed by atoms with van der Waals surface area (Å²) in [6.07, 6.45) is 4.55. The fourth-order valence-corrected chi connectivity index (χ4v) is 3.01. The number of benzene rings is 1. The van der Waals surface area contributed by atoms with Crippen LogP contribution in [0.4, 0.5) is 0 Å². The lowest BCUT2D eigenvalue weighted by Crippen LogP contribution is -2.54. The first-order valence-corrected chi connectivity index (χ1v) is 8.32. The Bertz CT molecular complexity index is 602. The molecule has 2 amide bonds. The van der Waals surface area contributed by atoms with Gasteiger partial charge >= 0.3 is 5.97 Å². The van der Waals surface area contributed by atoms with Crippen LogP contribution in [-0.4, -0.2) is 28.4 Å². The molecule has 2 rings (SSSR count). The van der Waals surface area contributed by atoms with Crippen LogP contribution in [-0.2, 0) is 16.1 Å². The molecule has 0 aliphatic heterocycles. The van der Waals surface area contributed by atoms with Crippen LogP contribution < -0.4 is 10.6 Å². The lowest BCUT2D eigenvalue weighted by Gasteiger charge is -2.29. The van der Waals surface area contributed by atoms with E-state index in [9.17, 15) is 19.5 Å². The number of hydrogen-bond donors (Lipinski definition) is 3. The molecule has 1 aliphatic carbocycles. The molecule has 130 valence electrons. The Labute approximate surface area is 141 Å². The van der Waals surface area contributed by atoms with Gasteiger partial charge in [-0.2, -0.15) is 0 Å². The normalized spacial score (nSPS) is 16.7. The molecule has 24 heavy (non-hydrogen) atoms. The molecule has 0 bridgehead atoms. The molecule has 1 aliphatic rings. The summed E-state index contributed by atoms with van der Waals surface area (Å²) in [5.41, 5.74) is 0.137. The first-order chi connectivity index (χ1) is 11.4. The molecule has 1 aromatic carbocycles. The summed E-state index contributed by atoms with van der Waals surface area (Å²) >= 11 is 0. The van der Waals surface area contributed by atoms with Crippen LogP contribution in [0.25, 0.3) is 0 Å². The first-order valence-electron chi connectivity index (χ1n) is 8.32. The maximum atomic E-state index is 12.5. The van der Waals surface area contributed by atoms with E-state index in [4.69, 9.17) is 0 Å². The second-order valence-corrected chi connectivity index (χ2v) is 6.36. The van der Waals surface area contributed by atoms with Gasteiger partial charge in [-0.1, -0.05) is 37.8 Å². The third-order valence-corrected chi connectivity index (χ3v) is 4.48. The van der Waals surface area contributed by atoms with E-state index in [0.29, 0.717) is 24.9 Å². The van der Waals surface area contributed by atoms with Gasteiger partial charge < -0.3 is 15.7 Å². The van der Waals surface area contributed by atoms with Crippen molar-refractivity contribution >= 4 is 17.8 Å². The van der Waals surface area contributed by atoms with Crippen LogP contribution in [0.2, 0.25) is 0 Å². The van der Waals surface area contributed by atoms with Gasteiger partial charge in [0.05, 0.1) is 0 Å². The van der Waals surface area contributed by atoms with Gasteiger partial charge in [-0.25, -0.2) is 4.79 Å². The fraction of sp³-hybridized carbons (Fsp3) is 0.500.